The predicted octanol–water partition coefficient (Wildman–Crippen LogP) is 3.16. The van der Waals surface area contributed by atoms with E-state index in [1.807, 2.05) is 6.92 Å². The number of rotatable bonds is 8. The molecule has 0 saturated heterocycles. The van der Waals surface area contributed by atoms with E-state index in [0.29, 0.717) is 0 Å². The van der Waals surface area contributed by atoms with Gasteiger partial charge in [0.1, 0.15) is 0 Å². The molecule has 0 amide bonds. The molecular formula is C15H25BrN2O. The van der Waals surface area contributed by atoms with E-state index in [9.17, 15) is 5.11 Å². The number of hydrogen-bond donors (Lipinski definition) is 2. The number of halogens is 1. The fourth-order valence-electron chi connectivity index (χ4n) is 1.88. The molecule has 1 aromatic rings. The van der Waals surface area contributed by atoms with Gasteiger partial charge in [-0.15, -0.1) is 0 Å². The van der Waals surface area contributed by atoms with E-state index in [0.717, 1.165) is 36.9 Å². The first-order chi connectivity index (χ1) is 9.04. The fraction of sp³-hybridized carbons (Fsp3) is 0.600. The summed E-state index contributed by atoms with van der Waals surface area (Å²) >= 11 is 3.63. The summed E-state index contributed by atoms with van der Waals surface area (Å²) in [5, 5.41) is 12.7. The maximum Gasteiger partial charge on any atom is 0.0528 e. The first-order valence-corrected chi connectivity index (χ1v) is 7.72. The Hall–Kier alpha value is -0.580. The standard InChI is InChI=1S/C15H25BrN2O/c1-4-8-17-11-13-5-6-15(14(16)10-13)18(3)9-7-12(2)19/h5-6,10,12,17,19H,4,7-9,11H2,1-3H3. The average molecular weight is 329 g/mol. The van der Waals surface area contributed by atoms with Gasteiger partial charge in [-0.3, -0.25) is 0 Å². The molecule has 0 aliphatic carbocycles. The fourth-order valence-corrected chi connectivity index (χ4v) is 2.61. The third kappa shape index (κ3) is 5.93. The smallest absolute Gasteiger partial charge is 0.0528 e. The van der Waals surface area contributed by atoms with Gasteiger partial charge in [-0.1, -0.05) is 13.0 Å². The molecule has 0 aliphatic heterocycles. The Morgan fingerprint density at radius 3 is 2.74 bits per heavy atom. The van der Waals surface area contributed by atoms with Crippen LogP contribution in [0.4, 0.5) is 5.69 Å². The molecule has 0 fully saturated rings. The SMILES string of the molecule is CCCNCc1ccc(N(C)CCC(C)O)c(Br)c1. The second-order valence-corrected chi connectivity index (χ2v) is 5.88. The van der Waals surface area contributed by atoms with Crippen LogP contribution < -0.4 is 10.2 Å². The zero-order valence-corrected chi connectivity index (χ0v) is 13.7. The van der Waals surface area contributed by atoms with Gasteiger partial charge in [-0.2, -0.15) is 0 Å². The second kappa shape index (κ2) is 8.56. The van der Waals surface area contributed by atoms with E-state index in [4.69, 9.17) is 0 Å². The molecular weight excluding hydrogens is 304 g/mol. The molecule has 1 atom stereocenters. The Balaban J connectivity index is 2.60. The van der Waals surface area contributed by atoms with Crippen molar-refractivity contribution in [1.82, 2.24) is 5.32 Å². The van der Waals surface area contributed by atoms with Gasteiger partial charge in [0.2, 0.25) is 0 Å². The van der Waals surface area contributed by atoms with Gasteiger partial charge in [0.15, 0.2) is 0 Å². The van der Waals surface area contributed by atoms with Crippen LogP contribution in [0.25, 0.3) is 0 Å². The maximum absolute atomic E-state index is 9.34. The van der Waals surface area contributed by atoms with Crippen molar-refractivity contribution >= 4 is 21.6 Å². The molecule has 0 radical (unpaired) electrons. The number of aliphatic hydroxyl groups excluding tert-OH is 1. The Morgan fingerprint density at radius 1 is 1.42 bits per heavy atom. The van der Waals surface area contributed by atoms with Gasteiger partial charge in [-0.25, -0.2) is 0 Å². The molecule has 0 aliphatic rings. The summed E-state index contributed by atoms with van der Waals surface area (Å²) in [6.07, 6.45) is 1.68. The van der Waals surface area contributed by atoms with Gasteiger partial charge in [0, 0.05) is 24.6 Å². The summed E-state index contributed by atoms with van der Waals surface area (Å²) < 4.78 is 1.11. The van der Waals surface area contributed by atoms with Crippen molar-refractivity contribution in [3.05, 3.63) is 28.2 Å². The maximum atomic E-state index is 9.34. The molecule has 1 unspecified atom stereocenters. The number of benzene rings is 1. The van der Waals surface area contributed by atoms with Crippen LogP contribution >= 0.6 is 15.9 Å². The monoisotopic (exact) mass is 328 g/mol. The average Bonchev–Trinajstić information content (AvgIpc) is 2.36. The second-order valence-electron chi connectivity index (χ2n) is 5.02. The first-order valence-electron chi connectivity index (χ1n) is 6.93. The van der Waals surface area contributed by atoms with Crippen molar-refractivity contribution < 1.29 is 5.11 Å². The molecule has 3 nitrogen and oxygen atoms in total. The van der Waals surface area contributed by atoms with Crippen molar-refractivity contribution in [3.63, 3.8) is 0 Å². The van der Waals surface area contributed by atoms with E-state index in [1.54, 1.807) is 0 Å². The van der Waals surface area contributed by atoms with Crippen LogP contribution in [0.5, 0.6) is 0 Å². The largest absolute Gasteiger partial charge is 0.393 e. The van der Waals surface area contributed by atoms with Gasteiger partial charge >= 0.3 is 0 Å². The van der Waals surface area contributed by atoms with E-state index in [-0.39, 0.29) is 6.10 Å². The zero-order chi connectivity index (χ0) is 14.3. The Labute approximate surface area is 125 Å². The van der Waals surface area contributed by atoms with Crippen LogP contribution in [0, 0.1) is 0 Å². The molecule has 1 rings (SSSR count). The van der Waals surface area contributed by atoms with Gasteiger partial charge in [0.05, 0.1) is 11.8 Å². The highest BCUT2D eigenvalue weighted by Crippen LogP contribution is 2.26. The molecule has 0 bridgehead atoms. The number of hydrogen-bond acceptors (Lipinski definition) is 3. The third-order valence-electron chi connectivity index (χ3n) is 3.06. The Kier molecular flexibility index (Phi) is 7.42. The highest BCUT2D eigenvalue weighted by atomic mass is 79.9. The first kappa shape index (κ1) is 16.5. The van der Waals surface area contributed by atoms with Crippen molar-refractivity contribution in [2.24, 2.45) is 0 Å². The number of nitrogens with one attached hydrogen (secondary N) is 1. The lowest BCUT2D eigenvalue weighted by Crippen LogP contribution is -2.22. The van der Waals surface area contributed by atoms with E-state index >= 15 is 0 Å². The summed E-state index contributed by atoms with van der Waals surface area (Å²) in [4.78, 5) is 2.17. The summed E-state index contributed by atoms with van der Waals surface area (Å²) in [5.74, 6) is 0. The molecule has 0 spiro atoms. The van der Waals surface area contributed by atoms with Crippen LogP contribution in [-0.4, -0.2) is 31.3 Å². The normalized spacial score (nSPS) is 12.5. The van der Waals surface area contributed by atoms with Crippen molar-refractivity contribution in [2.45, 2.75) is 39.3 Å². The van der Waals surface area contributed by atoms with E-state index < -0.39 is 0 Å². The van der Waals surface area contributed by atoms with Gasteiger partial charge in [0.25, 0.3) is 0 Å². The van der Waals surface area contributed by atoms with Crippen LogP contribution in [0.15, 0.2) is 22.7 Å². The van der Waals surface area contributed by atoms with Gasteiger partial charge < -0.3 is 15.3 Å². The van der Waals surface area contributed by atoms with E-state index in [1.165, 1.54) is 11.3 Å². The summed E-state index contributed by atoms with van der Waals surface area (Å²) in [6, 6.07) is 6.45. The minimum atomic E-state index is -0.251. The van der Waals surface area contributed by atoms with E-state index in [2.05, 4.69) is 58.3 Å². The molecule has 0 aromatic heterocycles. The Bertz CT molecular complexity index is 382. The van der Waals surface area contributed by atoms with Crippen LogP contribution in [0.3, 0.4) is 0 Å². The number of nitrogens with zero attached hydrogens (tertiary/aromatic N) is 1. The number of anilines is 1. The summed E-state index contributed by atoms with van der Waals surface area (Å²) in [7, 11) is 2.05. The molecule has 19 heavy (non-hydrogen) atoms. The lowest BCUT2D eigenvalue weighted by Gasteiger charge is -2.22. The predicted molar refractivity (Wildman–Crippen MR) is 85.7 cm³/mol. The quantitative estimate of drug-likeness (QED) is 0.719. The molecule has 108 valence electrons. The van der Waals surface area contributed by atoms with Crippen molar-refractivity contribution in [2.75, 3.05) is 25.0 Å². The van der Waals surface area contributed by atoms with Crippen LogP contribution in [0.1, 0.15) is 32.3 Å². The number of aliphatic hydroxyl groups is 1. The highest BCUT2D eigenvalue weighted by Gasteiger charge is 2.07. The lowest BCUT2D eigenvalue weighted by atomic mass is 10.2. The van der Waals surface area contributed by atoms with Crippen LogP contribution in [0.2, 0.25) is 0 Å². The molecule has 2 N–H and O–H groups in total. The summed E-state index contributed by atoms with van der Waals surface area (Å²) in [5.41, 5.74) is 2.45. The summed E-state index contributed by atoms with van der Waals surface area (Å²) in [6.45, 7) is 6.80. The molecule has 1 aromatic carbocycles. The highest BCUT2D eigenvalue weighted by molar-refractivity contribution is 9.10. The minimum Gasteiger partial charge on any atom is -0.393 e. The topological polar surface area (TPSA) is 35.5 Å². The van der Waals surface area contributed by atoms with Crippen LogP contribution in [-0.2, 0) is 6.54 Å². The molecule has 0 saturated carbocycles. The third-order valence-corrected chi connectivity index (χ3v) is 3.70. The molecule has 0 heterocycles. The van der Waals surface area contributed by atoms with Crippen molar-refractivity contribution in [3.8, 4) is 0 Å². The molecule has 4 heteroatoms. The van der Waals surface area contributed by atoms with Gasteiger partial charge in [-0.05, 0) is 59.9 Å². The lowest BCUT2D eigenvalue weighted by molar-refractivity contribution is 0.187. The van der Waals surface area contributed by atoms with Crippen molar-refractivity contribution in [1.29, 1.82) is 0 Å². The Morgan fingerprint density at radius 2 is 2.16 bits per heavy atom. The zero-order valence-electron chi connectivity index (χ0n) is 12.1. The minimum absolute atomic E-state index is 0.251.